The van der Waals surface area contributed by atoms with Gasteiger partial charge in [-0.25, -0.2) is 4.39 Å². The Bertz CT molecular complexity index is 808. The van der Waals surface area contributed by atoms with Crippen LogP contribution in [-0.4, -0.2) is 30.0 Å². The summed E-state index contributed by atoms with van der Waals surface area (Å²) < 4.78 is 14.8. The predicted molar refractivity (Wildman–Crippen MR) is 122 cm³/mol. The molecule has 2 unspecified atom stereocenters. The van der Waals surface area contributed by atoms with Crippen molar-refractivity contribution in [2.75, 3.05) is 16.9 Å². The monoisotopic (exact) mass is 416 g/mol. The molecule has 0 aliphatic heterocycles. The molecule has 7 heteroatoms. The minimum atomic E-state index is -0.702. The van der Waals surface area contributed by atoms with Crippen molar-refractivity contribution in [3.8, 4) is 0 Å². The molecule has 1 aromatic carbocycles. The zero-order valence-corrected chi connectivity index (χ0v) is 17.7. The van der Waals surface area contributed by atoms with Crippen molar-refractivity contribution >= 4 is 35.8 Å². The Kier molecular flexibility index (Phi) is 8.79. The summed E-state index contributed by atoms with van der Waals surface area (Å²) in [6, 6.07) is 4.57. The lowest BCUT2D eigenvalue weighted by atomic mass is 9.81. The van der Waals surface area contributed by atoms with E-state index in [9.17, 15) is 9.18 Å². The van der Waals surface area contributed by atoms with Crippen molar-refractivity contribution in [3.05, 3.63) is 54.5 Å². The van der Waals surface area contributed by atoms with Gasteiger partial charge < -0.3 is 11.1 Å². The molecule has 0 heterocycles. The van der Waals surface area contributed by atoms with Crippen LogP contribution in [0, 0.1) is 11.7 Å². The van der Waals surface area contributed by atoms with Gasteiger partial charge in [0.25, 0.3) is 5.91 Å². The maximum Gasteiger partial charge on any atom is 0.274 e. The van der Waals surface area contributed by atoms with E-state index in [0.29, 0.717) is 17.1 Å². The number of hydrogen-bond acceptors (Lipinski definition) is 5. The molecule has 0 bridgehead atoms. The molecule has 2 rings (SSSR count). The number of carbonyl (C=O) groups is 1. The summed E-state index contributed by atoms with van der Waals surface area (Å²) in [6.45, 7) is 9.40. The number of nitrogens with two attached hydrogens (primary N) is 1. The third-order valence-electron chi connectivity index (χ3n) is 5.18. The number of anilines is 1. The van der Waals surface area contributed by atoms with Crippen molar-refractivity contribution in [1.82, 2.24) is 0 Å². The maximum absolute atomic E-state index is 14.8. The lowest BCUT2D eigenvalue weighted by Gasteiger charge is -2.32. The molecule has 29 heavy (non-hydrogen) atoms. The van der Waals surface area contributed by atoms with Crippen molar-refractivity contribution in [1.29, 1.82) is 0 Å². The average molecular weight is 417 g/mol. The van der Waals surface area contributed by atoms with Crippen LogP contribution in [0.1, 0.15) is 38.2 Å². The van der Waals surface area contributed by atoms with Crippen LogP contribution in [0.5, 0.6) is 0 Å². The van der Waals surface area contributed by atoms with Crippen LogP contribution in [0.25, 0.3) is 0 Å². The standard InChI is InChI=1S/C22H29FN4OS/c1-4-6-12-26-20(5-2)21(28)27-17-9-10-19(23)18(13-17)22(25-3)11-7-8-16(22)14-29-15-24/h5-6,9-10,12-13,16H,2-4,7-8,11,14-15,24H2,1H3,(H,27,28)/b12-6-,26-20?. The molecular weight excluding hydrogens is 387 g/mol. The van der Waals surface area contributed by atoms with Gasteiger partial charge in [-0.3, -0.25) is 14.8 Å². The van der Waals surface area contributed by atoms with Gasteiger partial charge in [-0.15, -0.1) is 11.8 Å². The van der Waals surface area contributed by atoms with Gasteiger partial charge in [-0.2, -0.15) is 0 Å². The summed E-state index contributed by atoms with van der Waals surface area (Å²) in [6.07, 6.45) is 8.23. The highest BCUT2D eigenvalue weighted by atomic mass is 32.2. The third kappa shape index (κ3) is 5.42. The van der Waals surface area contributed by atoms with E-state index in [-0.39, 0.29) is 17.4 Å². The Balaban J connectivity index is 2.32. The first-order valence-corrected chi connectivity index (χ1v) is 10.9. The van der Waals surface area contributed by atoms with E-state index in [1.807, 2.05) is 13.0 Å². The predicted octanol–water partition coefficient (Wildman–Crippen LogP) is 4.66. The Morgan fingerprint density at radius 2 is 2.31 bits per heavy atom. The molecule has 156 valence electrons. The molecule has 0 spiro atoms. The van der Waals surface area contributed by atoms with Gasteiger partial charge in [-0.1, -0.05) is 26.0 Å². The zero-order chi connectivity index (χ0) is 21.3. The number of hydrogen-bond donors (Lipinski definition) is 2. The van der Waals surface area contributed by atoms with Crippen LogP contribution in [0.2, 0.25) is 0 Å². The second-order valence-electron chi connectivity index (χ2n) is 6.87. The molecule has 2 atom stereocenters. The molecule has 1 saturated carbocycles. The van der Waals surface area contributed by atoms with Crippen LogP contribution in [0.15, 0.2) is 53.1 Å². The number of allylic oxidation sites excluding steroid dienone is 1. The lowest BCUT2D eigenvalue weighted by Crippen LogP contribution is -2.31. The van der Waals surface area contributed by atoms with Crippen LogP contribution in [-0.2, 0) is 10.3 Å². The molecule has 1 aliphatic rings. The Labute approximate surface area is 176 Å². The molecule has 1 aliphatic carbocycles. The van der Waals surface area contributed by atoms with E-state index in [2.05, 4.69) is 28.6 Å². The van der Waals surface area contributed by atoms with Gasteiger partial charge in [0.2, 0.25) is 0 Å². The smallest absolute Gasteiger partial charge is 0.274 e. The Morgan fingerprint density at radius 1 is 1.52 bits per heavy atom. The number of nitrogens with zero attached hydrogens (tertiary/aromatic N) is 2. The highest BCUT2D eigenvalue weighted by Crippen LogP contribution is 2.49. The second kappa shape index (κ2) is 11.1. The fraction of sp³-hybridized carbons (Fsp3) is 0.409. The first kappa shape index (κ1) is 23.0. The summed E-state index contributed by atoms with van der Waals surface area (Å²) in [5, 5.41) is 2.78. The average Bonchev–Trinajstić information content (AvgIpc) is 3.14. The van der Waals surface area contributed by atoms with Crippen LogP contribution >= 0.6 is 11.8 Å². The molecule has 1 amide bonds. The Hall–Kier alpha value is -2.25. The van der Waals surface area contributed by atoms with E-state index in [0.717, 1.165) is 31.4 Å². The highest BCUT2D eigenvalue weighted by molar-refractivity contribution is 7.99. The lowest BCUT2D eigenvalue weighted by molar-refractivity contribution is -0.110. The minimum Gasteiger partial charge on any atom is -0.322 e. The topological polar surface area (TPSA) is 79.8 Å². The highest BCUT2D eigenvalue weighted by Gasteiger charge is 2.45. The van der Waals surface area contributed by atoms with Gasteiger partial charge in [0, 0.05) is 29.1 Å². The SMILES string of the molecule is C=CC(=N/C=C\CC)C(=O)Nc1ccc(F)c(C2(N=C)CCCC2CSCN)c1. The minimum absolute atomic E-state index is 0.151. The van der Waals surface area contributed by atoms with E-state index in [1.165, 1.54) is 18.2 Å². The number of aliphatic imine (C=N–C) groups is 2. The Morgan fingerprint density at radius 3 is 2.97 bits per heavy atom. The quantitative estimate of drug-likeness (QED) is 0.430. The number of carbonyl (C=O) groups excluding carboxylic acids is 1. The molecule has 0 radical (unpaired) electrons. The largest absolute Gasteiger partial charge is 0.322 e. The van der Waals surface area contributed by atoms with E-state index < -0.39 is 11.4 Å². The van der Waals surface area contributed by atoms with Crippen LogP contribution in [0.3, 0.4) is 0 Å². The molecule has 0 aromatic heterocycles. The molecule has 3 N–H and O–H groups in total. The summed E-state index contributed by atoms with van der Waals surface area (Å²) in [5.41, 5.74) is 6.08. The number of thioether (sulfide) groups is 1. The molecule has 5 nitrogen and oxygen atoms in total. The van der Waals surface area contributed by atoms with Crippen molar-refractivity contribution in [3.63, 3.8) is 0 Å². The van der Waals surface area contributed by atoms with Crippen molar-refractivity contribution < 1.29 is 9.18 Å². The van der Waals surface area contributed by atoms with Crippen LogP contribution in [0.4, 0.5) is 10.1 Å². The zero-order valence-electron chi connectivity index (χ0n) is 16.9. The van der Waals surface area contributed by atoms with Gasteiger partial charge in [-0.05, 0) is 56.2 Å². The van der Waals surface area contributed by atoms with Crippen LogP contribution < -0.4 is 11.1 Å². The number of rotatable bonds is 10. The first-order chi connectivity index (χ1) is 14.0. The molecular formula is C22H29FN4OS. The van der Waals surface area contributed by atoms with Crippen molar-refractivity contribution in [2.45, 2.75) is 38.1 Å². The summed E-state index contributed by atoms with van der Waals surface area (Å²) in [7, 11) is 0. The molecule has 1 fully saturated rings. The van der Waals surface area contributed by atoms with Gasteiger partial charge in [0.05, 0.1) is 5.54 Å². The fourth-order valence-corrected chi connectivity index (χ4v) is 4.58. The summed E-state index contributed by atoms with van der Waals surface area (Å²) in [4.78, 5) is 21.0. The third-order valence-corrected chi connectivity index (χ3v) is 6.05. The summed E-state index contributed by atoms with van der Waals surface area (Å²) >= 11 is 1.62. The van der Waals surface area contributed by atoms with E-state index in [4.69, 9.17) is 5.73 Å². The summed E-state index contributed by atoms with van der Waals surface area (Å²) in [5.74, 6) is 0.712. The number of halogens is 1. The fourth-order valence-electron chi connectivity index (χ4n) is 3.71. The molecule has 1 aromatic rings. The number of benzene rings is 1. The first-order valence-electron chi connectivity index (χ1n) is 9.74. The normalized spacial score (nSPS) is 22.0. The van der Waals surface area contributed by atoms with Gasteiger partial charge >= 0.3 is 0 Å². The van der Waals surface area contributed by atoms with Crippen molar-refractivity contribution in [2.24, 2.45) is 21.6 Å². The van der Waals surface area contributed by atoms with Gasteiger partial charge in [0.15, 0.2) is 0 Å². The number of nitrogens with one attached hydrogen (secondary N) is 1. The van der Waals surface area contributed by atoms with E-state index in [1.54, 1.807) is 24.0 Å². The number of amides is 1. The second-order valence-corrected chi connectivity index (χ2v) is 7.94. The maximum atomic E-state index is 14.8. The van der Waals surface area contributed by atoms with E-state index >= 15 is 0 Å². The van der Waals surface area contributed by atoms with Gasteiger partial charge in [0.1, 0.15) is 11.5 Å². The molecule has 0 saturated heterocycles.